The highest BCUT2D eigenvalue weighted by Crippen LogP contribution is 2.21. The Hall–Kier alpha value is -1.06. The first-order valence-corrected chi connectivity index (χ1v) is 6.50. The molecule has 4 heteroatoms. The molecule has 0 spiro atoms. The van der Waals surface area contributed by atoms with Gasteiger partial charge in [-0.3, -0.25) is 9.59 Å². The molecule has 0 aliphatic carbocycles. The van der Waals surface area contributed by atoms with Crippen LogP contribution in [0.15, 0.2) is 0 Å². The second-order valence-corrected chi connectivity index (χ2v) is 4.64. The van der Waals surface area contributed by atoms with E-state index in [4.69, 9.17) is 4.74 Å². The second kappa shape index (κ2) is 6.62. The van der Waals surface area contributed by atoms with Crippen LogP contribution in [0.4, 0.5) is 0 Å². The fraction of sp³-hybridized carbons (Fsp3) is 0.846. The zero-order chi connectivity index (χ0) is 12.8. The van der Waals surface area contributed by atoms with Gasteiger partial charge in [0, 0.05) is 19.0 Å². The molecule has 0 unspecified atom stereocenters. The van der Waals surface area contributed by atoms with Gasteiger partial charge in [-0.05, 0) is 25.7 Å². The summed E-state index contributed by atoms with van der Waals surface area (Å²) in [6.07, 6.45) is 3.26. The van der Waals surface area contributed by atoms with Gasteiger partial charge in [0.25, 0.3) is 0 Å². The van der Waals surface area contributed by atoms with Gasteiger partial charge < -0.3 is 9.64 Å². The molecule has 1 rings (SSSR count). The number of methoxy groups -OCH3 is 1. The van der Waals surface area contributed by atoms with Gasteiger partial charge in [0.15, 0.2) is 0 Å². The van der Waals surface area contributed by atoms with Crippen LogP contribution in [0.3, 0.4) is 0 Å². The number of piperidine rings is 1. The van der Waals surface area contributed by atoms with E-state index in [1.54, 1.807) is 0 Å². The van der Waals surface area contributed by atoms with Gasteiger partial charge in [-0.15, -0.1) is 0 Å². The maximum Gasteiger partial charge on any atom is 0.308 e. The summed E-state index contributed by atoms with van der Waals surface area (Å²) >= 11 is 0. The zero-order valence-corrected chi connectivity index (χ0v) is 11.1. The molecule has 0 aromatic carbocycles. The topological polar surface area (TPSA) is 46.6 Å². The average molecular weight is 241 g/mol. The van der Waals surface area contributed by atoms with Gasteiger partial charge in [-0.2, -0.15) is 0 Å². The number of amides is 1. The standard InChI is InChI=1S/C13H23NO3/c1-4-10(5-2)12(15)14-8-6-11(7-9-14)13(16)17-3/h10-11H,4-9H2,1-3H3. The van der Waals surface area contributed by atoms with Crippen molar-refractivity contribution in [1.29, 1.82) is 0 Å². The van der Waals surface area contributed by atoms with Gasteiger partial charge in [0.1, 0.15) is 0 Å². The van der Waals surface area contributed by atoms with E-state index in [1.807, 2.05) is 18.7 Å². The normalized spacial score (nSPS) is 17.3. The van der Waals surface area contributed by atoms with Crippen LogP contribution in [-0.4, -0.2) is 37.0 Å². The monoisotopic (exact) mass is 241 g/mol. The van der Waals surface area contributed by atoms with Crippen LogP contribution in [0.25, 0.3) is 0 Å². The van der Waals surface area contributed by atoms with Crippen LogP contribution in [0, 0.1) is 11.8 Å². The molecule has 0 N–H and O–H groups in total. The second-order valence-electron chi connectivity index (χ2n) is 4.64. The summed E-state index contributed by atoms with van der Waals surface area (Å²) in [5.74, 6) is 0.230. The van der Waals surface area contributed by atoms with E-state index in [-0.39, 0.29) is 23.7 Å². The number of nitrogens with zero attached hydrogens (tertiary/aromatic N) is 1. The highest BCUT2D eigenvalue weighted by atomic mass is 16.5. The van der Waals surface area contributed by atoms with Gasteiger partial charge in [-0.25, -0.2) is 0 Å². The molecule has 0 saturated carbocycles. The molecule has 0 bridgehead atoms. The van der Waals surface area contributed by atoms with Gasteiger partial charge in [-0.1, -0.05) is 13.8 Å². The minimum absolute atomic E-state index is 0.0225. The van der Waals surface area contributed by atoms with E-state index in [1.165, 1.54) is 7.11 Å². The summed E-state index contributed by atoms with van der Waals surface area (Å²) in [4.78, 5) is 25.4. The van der Waals surface area contributed by atoms with Crippen LogP contribution >= 0.6 is 0 Å². The molecule has 1 aliphatic rings. The van der Waals surface area contributed by atoms with Crippen LogP contribution in [0.2, 0.25) is 0 Å². The third-order valence-electron chi connectivity index (χ3n) is 3.68. The van der Waals surface area contributed by atoms with Crippen molar-refractivity contribution in [3.63, 3.8) is 0 Å². The summed E-state index contributed by atoms with van der Waals surface area (Å²) in [5.41, 5.74) is 0. The molecule has 0 atom stereocenters. The first-order valence-electron chi connectivity index (χ1n) is 6.50. The Labute approximate surface area is 103 Å². The lowest BCUT2D eigenvalue weighted by Crippen LogP contribution is -2.43. The smallest absolute Gasteiger partial charge is 0.308 e. The Morgan fingerprint density at radius 3 is 2.18 bits per heavy atom. The first kappa shape index (κ1) is 14.0. The Morgan fingerprint density at radius 2 is 1.76 bits per heavy atom. The molecule has 98 valence electrons. The van der Waals surface area contributed by atoms with Crippen LogP contribution in [0.1, 0.15) is 39.5 Å². The van der Waals surface area contributed by atoms with E-state index in [2.05, 4.69) is 0 Å². The summed E-state index contributed by atoms with van der Waals surface area (Å²) in [6, 6.07) is 0. The molecule has 1 amide bonds. The lowest BCUT2D eigenvalue weighted by Gasteiger charge is -2.32. The fourth-order valence-electron chi connectivity index (χ4n) is 2.40. The van der Waals surface area contributed by atoms with Crippen molar-refractivity contribution in [2.24, 2.45) is 11.8 Å². The maximum atomic E-state index is 12.1. The van der Waals surface area contributed by atoms with Crippen molar-refractivity contribution in [2.45, 2.75) is 39.5 Å². The highest BCUT2D eigenvalue weighted by Gasteiger charge is 2.29. The van der Waals surface area contributed by atoms with Crippen molar-refractivity contribution in [2.75, 3.05) is 20.2 Å². The molecule has 0 aromatic heterocycles. The number of carbonyl (C=O) groups excluding carboxylic acids is 2. The number of rotatable bonds is 4. The molecule has 4 nitrogen and oxygen atoms in total. The molecule has 1 saturated heterocycles. The van der Waals surface area contributed by atoms with Crippen LogP contribution < -0.4 is 0 Å². The SMILES string of the molecule is CCC(CC)C(=O)N1CCC(C(=O)OC)CC1. The number of esters is 1. The number of hydrogen-bond donors (Lipinski definition) is 0. The molecule has 0 radical (unpaired) electrons. The molecule has 1 heterocycles. The maximum absolute atomic E-state index is 12.1. The summed E-state index contributed by atoms with van der Waals surface area (Å²) in [7, 11) is 1.42. The van der Waals surface area contributed by atoms with E-state index in [0.29, 0.717) is 13.1 Å². The summed E-state index contributed by atoms with van der Waals surface area (Å²) in [6.45, 7) is 5.48. The quantitative estimate of drug-likeness (QED) is 0.705. The highest BCUT2D eigenvalue weighted by molar-refractivity contribution is 5.79. The minimum Gasteiger partial charge on any atom is -0.469 e. The van der Waals surface area contributed by atoms with Crippen molar-refractivity contribution in [3.8, 4) is 0 Å². The third-order valence-corrected chi connectivity index (χ3v) is 3.68. The van der Waals surface area contributed by atoms with Crippen molar-refractivity contribution in [1.82, 2.24) is 4.90 Å². The Kier molecular flexibility index (Phi) is 5.45. The molecular formula is C13H23NO3. The number of carbonyl (C=O) groups is 2. The lowest BCUT2D eigenvalue weighted by atomic mass is 9.94. The van der Waals surface area contributed by atoms with E-state index in [0.717, 1.165) is 25.7 Å². The Bertz CT molecular complexity index is 266. The van der Waals surface area contributed by atoms with Crippen molar-refractivity contribution in [3.05, 3.63) is 0 Å². The van der Waals surface area contributed by atoms with Gasteiger partial charge in [0.05, 0.1) is 13.0 Å². The predicted molar refractivity (Wildman–Crippen MR) is 65.4 cm³/mol. The third kappa shape index (κ3) is 3.45. The fourth-order valence-corrected chi connectivity index (χ4v) is 2.40. The number of likely N-dealkylation sites (tertiary alicyclic amines) is 1. The van der Waals surface area contributed by atoms with Crippen LogP contribution in [-0.2, 0) is 14.3 Å². The number of hydrogen-bond acceptors (Lipinski definition) is 3. The van der Waals surface area contributed by atoms with Crippen molar-refractivity contribution >= 4 is 11.9 Å². The van der Waals surface area contributed by atoms with Crippen molar-refractivity contribution < 1.29 is 14.3 Å². The molecule has 1 fully saturated rings. The Balaban J connectivity index is 2.46. The summed E-state index contributed by atoms with van der Waals surface area (Å²) < 4.78 is 4.73. The molecule has 0 aromatic rings. The molecular weight excluding hydrogens is 218 g/mol. The van der Waals surface area contributed by atoms with Gasteiger partial charge >= 0.3 is 5.97 Å². The van der Waals surface area contributed by atoms with E-state index >= 15 is 0 Å². The Morgan fingerprint density at radius 1 is 1.24 bits per heavy atom. The number of ether oxygens (including phenoxy) is 1. The van der Waals surface area contributed by atoms with Crippen LogP contribution in [0.5, 0.6) is 0 Å². The van der Waals surface area contributed by atoms with E-state index in [9.17, 15) is 9.59 Å². The van der Waals surface area contributed by atoms with E-state index < -0.39 is 0 Å². The first-order chi connectivity index (χ1) is 8.13. The summed E-state index contributed by atoms with van der Waals surface area (Å²) in [5, 5.41) is 0. The molecule has 1 aliphatic heterocycles. The lowest BCUT2D eigenvalue weighted by molar-refractivity contribution is -0.149. The minimum atomic E-state index is -0.139. The predicted octanol–water partition coefficient (Wildman–Crippen LogP) is 1.83. The molecule has 17 heavy (non-hydrogen) atoms. The van der Waals surface area contributed by atoms with Gasteiger partial charge in [0.2, 0.25) is 5.91 Å². The largest absolute Gasteiger partial charge is 0.469 e. The zero-order valence-electron chi connectivity index (χ0n) is 11.1. The average Bonchev–Trinajstić information content (AvgIpc) is 2.39.